The molecule has 0 amide bonds. The van der Waals surface area contributed by atoms with E-state index in [-0.39, 0.29) is 6.29 Å². The summed E-state index contributed by atoms with van der Waals surface area (Å²) < 4.78 is 11.7. The fraction of sp³-hybridized carbons (Fsp3) is 1.00. The van der Waals surface area contributed by atoms with Gasteiger partial charge in [-0.15, -0.1) is 0 Å². The zero-order valence-electron chi connectivity index (χ0n) is 10.3. The Labute approximate surface area is 93.3 Å². The third-order valence-electron chi connectivity index (χ3n) is 3.84. The Morgan fingerprint density at radius 3 is 2.40 bits per heavy atom. The van der Waals surface area contributed by atoms with Gasteiger partial charge in [0.2, 0.25) is 0 Å². The number of rotatable bonds is 1. The van der Waals surface area contributed by atoms with Gasteiger partial charge >= 0.3 is 0 Å². The number of hydrogen-bond donors (Lipinski definition) is 0. The molecule has 2 fully saturated rings. The van der Waals surface area contributed by atoms with Crippen LogP contribution in [0.3, 0.4) is 0 Å². The summed E-state index contributed by atoms with van der Waals surface area (Å²) in [4.78, 5) is 0. The molecule has 0 aromatic heterocycles. The minimum atomic E-state index is 0.0351. The van der Waals surface area contributed by atoms with Crippen LogP contribution in [0.5, 0.6) is 0 Å². The molecular formula is C13H24O2. The highest BCUT2D eigenvalue weighted by Gasteiger charge is 2.40. The summed E-state index contributed by atoms with van der Waals surface area (Å²) in [7, 11) is 0. The molecule has 0 unspecified atom stereocenters. The van der Waals surface area contributed by atoms with E-state index in [1.165, 1.54) is 25.7 Å². The molecule has 0 N–H and O–H groups in total. The topological polar surface area (TPSA) is 18.5 Å². The summed E-state index contributed by atoms with van der Waals surface area (Å²) in [5.41, 5.74) is 0.350. The lowest BCUT2D eigenvalue weighted by atomic mass is 9.71. The molecular weight excluding hydrogens is 188 g/mol. The van der Waals surface area contributed by atoms with Gasteiger partial charge in [0.1, 0.15) is 0 Å². The zero-order chi connectivity index (χ0) is 10.9. The zero-order valence-corrected chi connectivity index (χ0v) is 10.3. The van der Waals surface area contributed by atoms with Crippen molar-refractivity contribution in [3.05, 3.63) is 0 Å². The van der Waals surface area contributed by atoms with Gasteiger partial charge in [-0.3, -0.25) is 0 Å². The van der Waals surface area contributed by atoms with E-state index < -0.39 is 0 Å². The normalized spacial score (nSPS) is 42.4. The van der Waals surface area contributed by atoms with Gasteiger partial charge in [0, 0.05) is 11.3 Å². The Morgan fingerprint density at radius 2 is 1.87 bits per heavy atom. The molecule has 1 saturated carbocycles. The highest BCUT2D eigenvalue weighted by molar-refractivity contribution is 4.87. The molecule has 1 spiro atoms. The molecule has 1 atom stereocenters. The molecule has 2 heteroatoms. The van der Waals surface area contributed by atoms with Crippen LogP contribution in [0, 0.1) is 17.3 Å². The standard InChI is InChI=1S/C13H24O2/c1-10(2)12-14-8-13(9-15-12)6-4-5-11(3)7-13/h10-12H,4-9H2,1-3H3/t11-,12?,13?/m1/s1. The fourth-order valence-electron chi connectivity index (χ4n) is 3.02. The summed E-state index contributed by atoms with van der Waals surface area (Å²) in [5.74, 6) is 1.32. The third-order valence-corrected chi connectivity index (χ3v) is 3.84. The highest BCUT2D eigenvalue weighted by Crippen LogP contribution is 2.42. The Morgan fingerprint density at radius 1 is 1.20 bits per heavy atom. The van der Waals surface area contributed by atoms with Gasteiger partial charge in [-0.25, -0.2) is 0 Å². The maximum atomic E-state index is 5.86. The highest BCUT2D eigenvalue weighted by atomic mass is 16.7. The van der Waals surface area contributed by atoms with Gasteiger partial charge in [-0.05, 0) is 18.8 Å². The molecule has 1 aliphatic heterocycles. The van der Waals surface area contributed by atoms with Gasteiger partial charge in [0.25, 0.3) is 0 Å². The maximum Gasteiger partial charge on any atom is 0.159 e. The minimum Gasteiger partial charge on any atom is -0.352 e. The van der Waals surface area contributed by atoms with Crippen molar-refractivity contribution in [2.45, 2.75) is 52.7 Å². The van der Waals surface area contributed by atoms with Gasteiger partial charge in [-0.2, -0.15) is 0 Å². The Bertz CT molecular complexity index is 205. The second-order valence-electron chi connectivity index (χ2n) is 5.94. The summed E-state index contributed by atoms with van der Waals surface area (Å²) >= 11 is 0. The lowest BCUT2D eigenvalue weighted by molar-refractivity contribution is -0.253. The first kappa shape index (κ1) is 11.4. The van der Waals surface area contributed by atoms with Crippen molar-refractivity contribution in [3.63, 3.8) is 0 Å². The smallest absolute Gasteiger partial charge is 0.159 e. The van der Waals surface area contributed by atoms with Crippen molar-refractivity contribution in [1.82, 2.24) is 0 Å². The number of hydrogen-bond acceptors (Lipinski definition) is 2. The van der Waals surface area contributed by atoms with Crippen LogP contribution in [0.2, 0.25) is 0 Å². The quantitative estimate of drug-likeness (QED) is 0.664. The molecule has 1 saturated heterocycles. The van der Waals surface area contributed by atoms with E-state index in [4.69, 9.17) is 9.47 Å². The van der Waals surface area contributed by atoms with E-state index in [9.17, 15) is 0 Å². The predicted octanol–water partition coefficient (Wildman–Crippen LogP) is 3.21. The van der Waals surface area contributed by atoms with Crippen LogP contribution in [0.25, 0.3) is 0 Å². The molecule has 1 aliphatic carbocycles. The van der Waals surface area contributed by atoms with E-state index in [2.05, 4.69) is 20.8 Å². The first-order valence-corrected chi connectivity index (χ1v) is 6.34. The van der Waals surface area contributed by atoms with E-state index in [1.807, 2.05) is 0 Å². The van der Waals surface area contributed by atoms with Crippen molar-refractivity contribution in [1.29, 1.82) is 0 Å². The van der Waals surface area contributed by atoms with Crippen molar-refractivity contribution >= 4 is 0 Å². The summed E-state index contributed by atoms with van der Waals surface area (Å²) in [6.07, 6.45) is 5.35. The fourth-order valence-corrected chi connectivity index (χ4v) is 3.02. The van der Waals surface area contributed by atoms with E-state index in [1.54, 1.807) is 0 Å². The third kappa shape index (κ3) is 2.54. The van der Waals surface area contributed by atoms with Crippen LogP contribution >= 0.6 is 0 Å². The molecule has 1 heterocycles. The molecule has 15 heavy (non-hydrogen) atoms. The predicted molar refractivity (Wildman–Crippen MR) is 60.6 cm³/mol. The molecule has 2 nitrogen and oxygen atoms in total. The maximum absolute atomic E-state index is 5.86. The molecule has 0 bridgehead atoms. The molecule has 88 valence electrons. The van der Waals surface area contributed by atoms with Crippen LogP contribution in [0.15, 0.2) is 0 Å². The summed E-state index contributed by atoms with van der Waals surface area (Å²) in [6, 6.07) is 0. The van der Waals surface area contributed by atoms with Crippen molar-refractivity contribution in [3.8, 4) is 0 Å². The molecule has 2 rings (SSSR count). The monoisotopic (exact) mass is 212 g/mol. The second-order valence-corrected chi connectivity index (χ2v) is 5.94. The molecule has 2 aliphatic rings. The Balaban J connectivity index is 1.90. The Hall–Kier alpha value is -0.0800. The van der Waals surface area contributed by atoms with Crippen molar-refractivity contribution in [2.75, 3.05) is 13.2 Å². The van der Waals surface area contributed by atoms with Crippen molar-refractivity contribution < 1.29 is 9.47 Å². The van der Waals surface area contributed by atoms with E-state index in [0.29, 0.717) is 11.3 Å². The Kier molecular flexibility index (Phi) is 3.36. The molecule has 0 aromatic carbocycles. The lowest BCUT2D eigenvalue weighted by Gasteiger charge is -2.45. The van der Waals surface area contributed by atoms with Gasteiger partial charge in [0.15, 0.2) is 6.29 Å². The average molecular weight is 212 g/mol. The van der Waals surface area contributed by atoms with E-state index >= 15 is 0 Å². The first-order chi connectivity index (χ1) is 7.11. The first-order valence-electron chi connectivity index (χ1n) is 6.34. The summed E-state index contributed by atoms with van der Waals surface area (Å²) in [6.45, 7) is 8.51. The molecule has 0 radical (unpaired) electrons. The largest absolute Gasteiger partial charge is 0.352 e. The van der Waals surface area contributed by atoms with Gasteiger partial charge in [0.05, 0.1) is 13.2 Å². The summed E-state index contributed by atoms with van der Waals surface area (Å²) in [5, 5.41) is 0. The van der Waals surface area contributed by atoms with Gasteiger partial charge < -0.3 is 9.47 Å². The molecule has 0 aromatic rings. The minimum absolute atomic E-state index is 0.0351. The second kappa shape index (κ2) is 4.42. The average Bonchev–Trinajstić information content (AvgIpc) is 2.18. The SMILES string of the molecule is CC(C)C1OCC2(CCC[C@@H](C)C2)CO1. The van der Waals surface area contributed by atoms with Crippen LogP contribution in [0.1, 0.15) is 46.5 Å². The van der Waals surface area contributed by atoms with Gasteiger partial charge in [-0.1, -0.05) is 33.6 Å². The van der Waals surface area contributed by atoms with Crippen LogP contribution in [0.4, 0.5) is 0 Å². The van der Waals surface area contributed by atoms with Crippen LogP contribution in [-0.4, -0.2) is 19.5 Å². The lowest BCUT2D eigenvalue weighted by Crippen LogP contribution is -2.45. The van der Waals surface area contributed by atoms with Crippen molar-refractivity contribution in [2.24, 2.45) is 17.3 Å². The van der Waals surface area contributed by atoms with E-state index in [0.717, 1.165) is 19.1 Å². The van der Waals surface area contributed by atoms with Crippen LogP contribution in [-0.2, 0) is 9.47 Å². The van der Waals surface area contributed by atoms with Crippen LogP contribution < -0.4 is 0 Å². The number of ether oxygens (including phenoxy) is 2.